The molecule has 2 heterocycles. The van der Waals surface area contributed by atoms with Gasteiger partial charge >= 0.3 is 0 Å². The number of pyridine rings is 1. The van der Waals surface area contributed by atoms with Crippen molar-refractivity contribution < 1.29 is 9.53 Å². The summed E-state index contributed by atoms with van der Waals surface area (Å²) in [6.45, 7) is 4.51. The largest absolute Gasteiger partial charge is 0.497 e. The first kappa shape index (κ1) is 23.8. The van der Waals surface area contributed by atoms with Gasteiger partial charge < -0.3 is 9.30 Å². The number of nitrogens with zero attached hydrogens (tertiary/aromatic N) is 3. The van der Waals surface area contributed by atoms with Gasteiger partial charge in [0.25, 0.3) is 5.91 Å². The van der Waals surface area contributed by atoms with Crippen molar-refractivity contribution in [1.82, 2.24) is 15.0 Å². The van der Waals surface area contributed by atoms with Crippen molar-refractivity contribution >= 4 is 33.9 Å². The second kappa shape index (κ2) is 10.00. The number of hydrogen-bond donors (Lipinski definition) is 1. The fourth-order valence-electron chi connectivity index (χ4n) is 4.57. The highest BCUT2D eigenvalue weighted by atomic mass is 16.5. The van der Waals surface area contributed by atoms with Gasteiger partial charge in [0.2, 0.25) is 0 Å². The maximum atomic E-state index is 13.3. The molecule has 3 aromatic carbocycles. The van der Waals surface area contributed by atoms with E-state index >= 15 is 0 Å². The maximum absolute atomic E-state index is 13.3. The molecule has 182 valence electrons. The standard InChI is InChI=1S/C31H26N4O2/c1-5-16-35-21(3)27(25-17-20(2)10-15-30(25)35)19-32-34-31(36)26-18-29(22-11-13-23(37-4)14-12-22)33-28-9-7-6-8-24(26)28/h1,6-15,17-19H,16H2,2-4H3,(H,34,36)/b32-19+. The number of carbonyl (C=O) groups excluding carboxylic acids is 1. The molecule has 1 amide bonds. The van der Waals surface area contributed by atoms with Crippen molar-refractivity contribution in [2.45, 2.75) is 20.4 Å². The third-order valence-electron chi connectivity index (χ3n) is 6.48. The van der Waals surface area contributed by atoms with Gasteiger partial charge in [0, 0.05) is 33.1 Å². The molecule has 5 aromatic rings. The number of terminal acetylenes is 1. The number of hydrazone groups is 1. The van der Waals surface area contributed by atoms with Crippen LogP contribution < -0.4 is 10.2 Å². The van der Waals surface area contributed by atoms with Crippen molar-refractivity contribution in [3.05, 3.63) is 95.2 Å². The molecule has 2 aromatic heterocycles. The molecule has 0 fully saturated rings. The van der Waals surface area contributed by atoms with Gasteiger partial charge in [-0.2, -0.15) is 5.10 Å². The van der Waals surface area contributed by atoms with Gasteiger partial charge in [-0.1, -0.05) is 35.7 Å². The van der Waals surface area contributed by atoms with Gasteiger partial charge in [-0.3, -0.25) is 4.79 Å². The smallest absolute Gasteiger partial charge is 0.272 e. The van der Waals surface area contributed by atoms with Gasteiger partial charge in [0.1, 0.15) is 5.75 Å². The van der Waals surface area contributed by atoms with Crippen LogP contribution in [-0.4, -0.2) is 28.8 Å². The fourth-order valence-corrected chi connectivity index (χ4v) is 4.57. The normalized spacial score (nSPS) is 11.2. The molecule has 6 heteroatoms. The molecular formula is C31H26N4O2. The Morgan fingerprint density at radius 1 is 1.08 bits per heavy atom. The Morgan fingerprint density at radius 3 is 2.62 bits per heavy atom. The summed E-state index contributed by atoms with van der Waals surface area (Å²) in [5, 5.41) is 6.14. The van der Waals surface area contributed by atoms with Gasteiger partial charge in [-0.25, -0.2) is 10.4 Å². The molecule has 0 unspecified atom stereocenters. The SMILES string of the molecule is C#CCn1c(C)c(/C=N/NC(=O)c2cc(-c3ccc(OC)cc3)nc3ccccc23)c2cc(C)ccc21. The van der Waals surface area contributed by atoms with Gasteiger partial charge in [-0.05, 0) is 62.4 Å². The van der Waals surface area contributed by atoms with Crippen molar-refractivity contribution in [3.63, 3.8) is 0 Å². The number of nitrogens with one attached hydrogen (secondary N) is 1. The first-order valence-corrected chi connectivity index (χ1v) is 11.9. The summed E-state index contributed by atoms with van der Waals surface area (Å²) >= 11 is 0. The van der Waals surface area contributed by atoms with Crippen LogP contribution >= 0.6 is 0 Å². The monoisotopic (exact) mass is 486 g/mol. The Morgan fingerprint density at radius 2 is 1.86 bits per heavy atom. The third-order valence-corrected chi connectivity index (χ3v) is 6.48. The Labute approximate surface area is 215 Å². The highest BCUT2D eigenvalue weighted by Crippen LogP contribution is 2.27. The van der Waals surface area contributed by atoms with E-state index in [1.807, 2.05) is 62.4 Å². The van der Waals surface area contributed by atoms with Gasteiger partial charge in [0.15, 0.2) is 0 Å². The Hall–Kier alpha value is -4.89. The lowest BCUT2D eigenvalue weighted by atomic mass is 10.0. The molecule has 6 nitrogen and oxygen atoms in total. The van der Waals surface area contributed by atoms with Gasteiger partial charge in [0.05, 0.1) is 36.6 Å². The summed E-state index contributed by atoms with van der Waals surface area (Å²) in [4.78, 5) is 18.1. The predicted molar refractivity (Wildman–Crippen MR) is 149 cm³/mol. The van der Waals surface area contributed by atoms with Crippen LogP contribution in [0.4, 0.5) is 0 Å². The molecule has 1 N–H and O–H groups in total. The van der Waals surface area contributed by atoms with E-state index in [1.54, 1.807) is 19.4 Å². The first-order valence-electron chi connectivity index (χ1n) is 11.9. The molecule has 0 bridgehead atoms. The van der Waals surface area contributed by atoms with E-state index < -0.39 is 0 Å². The van der Waals surface area contributed by atoms with Crippen molar-refractivity contribution in [2.75, 3.05) is 7.11 Å². The summed E-state index contributed by atoms with van der Waals surface area (Å²) < 4.78 is 7.34. The summed E-state index contributed by atoms with van der Waals surface area (Å²) in [5.41, 5.74) is 9.62. The summed E-state index contributed by atoms with van der Waals surface area (Å²) in [5.74, 6) is 3.16. The van der Waals surface area contributed by atoms with Crippen LogP contribution in [0.1, 0.15) is 27.2 Å². The minimum Gasteiger partial charge on any atom is -0.497 e. The zero-order valence-corrected chi connectivity index (χ0v) is 20.9. The lowest BCUT2D eigenvalue weighted by Crippen LogP contribution is -2.18. The summed E-state index contributed by atoms with van der Waals surface area (Å²) in [7, 11) is 1.63. The number of rotatable bonds is 6. The third kappa shape index (κ3) is 4.55. The first-order chi connectivity index (χ1) is 18.0. The van der Waals surface area contributed by atoms with Crippen LogP contribution in [0.2, 0.25) is 0 Å². The molecule has 5 rings (SSSR count). The molecule has 0 atom stereocenters. The maximum Gasteiger partial charge on any atom is 0.272 e. The van der Waals surface area contributed by atoms with Crippen molar-refractivity contribution in [3.8, 4) is 29.4 Å². The molecule has 37 heavy (non-hydrogen) atoms. The number of aryl methyl sites for hydroxylation is 1. The number of ether oxygens (including phenoxy) is 1. The number of hydrogen-bond acceptors (Lipinski definition) is 4. The van der Waals surface area contributed by atoms with E-state index in [2.05, 4.69) is 39.2 Å². The van der Waals surface area contributed by atoms with Crippen LogP contribution in [0.5, 0.6) is 5.75 Å². The Balaban J connectivity index is 1.50. The summed E-state index contributed by atoms with van der Waals surface area (Å²) in [6, 6.07) is 23.2. The van der Waals surface area contributed by atoms with Crippen molar-refractivity contribution in [1.29, 1.82) is 0 Å². The van der Waals surface area contributed by atoms with Crippen molar-refractivity contribution in [2.24, 2.45) is 5.10 Å². The zero-order chi connectivity index (χ0) is 25.9. The highest BCUT2D eigenvalue weighted by Gasteiger charge is 2.15. The second-order valence-corrected chi connectivity index (χ2v) is 8.81. The Bertz CT molecular complexity index is 1710. The molecule has 0 aliphatic heterocycles. The number of methoxy groups -OCH3 is 1. The number of carbonyl (C=O) groups is 1. The topological polar surface area (TPSA) is 68.5 Å². The van der Waals surface area contributed by atoms with E-state index in [0.717, 1.165) is 49.9 Å². The van der Waals surface area contributed by atoms with E-state index in [-0.39, 0.29) is 5.91 Å². The van der Waals surface area contributed by atoms with E-state index in [4.69, 9.17) is 16.1 Å². The van der Waals surface area contributed by atoms with Crippen LogP contribution in [0.15, 0.2) is 77.9 Å². The minimum absolute atomic E-state index is 0.314. The zero-order valence-electron chi connectivity index (χ0n) is 20.9. The number of benzene rings is 3. The van der Waals surface area contributed by atoms with Gasteiger partial charge in [-0.15, -0.1) is 6.42 Å². The second-order valence-electron chi connectivity index (χ2n) is 8.81. The molecule has 0 radical (unpaired) electrons. The van der Waals surface area contributed by atoms with Crippen LogP contribution in [0, 0.1) is 26.2 Å². The molecule has 0 aliphatic carbocycles. The van der Waals surface area contributed by atoms with E-state index in [0.29, 0.717) is 17.8 Å². The van der Waals surface area contributed by atoms with E-state index in [9.17, 15) is 4.79 Å². The summed E-state index contributed by atoms with van der Waals surface area (Å²) in [6.07, 6.45) is 7.30. The highest BCUT2D eigenvalue weighted by molar-refractivity contribution is 6.08. The average molecular weight is 487 g/mol. The van der Waals surface area contributed by atoms with E-state index in [1.165, 1.54) is 0 Å². The predicted octanol–water partition coefficient (Wildman–Crippen LogP) is 5.88. The number of amides is 1. The number of fused-ring (bicyclic) bond motifs is 2. The lowest BCUT2D eigenvalue weighted by molar-refractivity contribution is 0.0956. The molecular weight excluding hydrogens is 460 g/mol. The molecule has 0 saturated carbocycles. The Kier molecular flexibility index (Phi) is 6.44. The lowest BCUT2D eigenvalue weighted by Gasteiger charge is -2.09. The fraction of sp³-hybridized carbons (Fsp3) is 0.129. The molecule has 0 spiro atoms. The minimum atomic E-state index is -0.314. The number of para-hydroxylation sites is 1. The molecule has 0 saturated heterocycles. The average Bonchev–Trinajstić information content (AvgIpc) is 3.18. The quantitative estimate of drug-likeness (QED) is 0.185. The van der Waals surface area contributed by atoms with Crippen LogP contribution in [-0.2, 0) is 6.54 Å². The van der Waals surface area contributed by atoms with Crippen LogP contribution in [0.3, 0.4) is 0 Å². The number of aromatic nitrogens is 2. The molecule has 0 aliphatic rings. The van der Waals surface area contributed by atoms with Crippen LogP contribution in [0.25, 0.3) is 33.1 Å².